The van der Waals surface area contributed by atoms with E-state index in [4.69, 9.17) is 14.1 Å². The second-order valence-corrected chi connectivity index (χ2v) is 10.8. The molecule has 0 fully saturated rings. The number of rotatable bonds is 7. The summed E-state index contributed by atoms with van der Waals surface area (Å²) in [4.78, 5) is 24.2. The molecule has 2 heterocycles. The summed E-state index contributed by atoms with van der Waals surface area (Å²) >= 11 is 1.48. The first kappa shape index (κ1) is 26.4. The summed E-state index contributed by atoms with van der Waals surface area (Å²) in [5.41, 5.74) is 6.05. The first-order valence-corrected chi connectivity index (χ1v) is 13.8. The van der Waals surface area contributed by atoms with Crippen molar-refractivity contribution in [2.24, 2.45) is 4.99 Å². The molecule has 2 aromatic heterocycles. The van der Waals surface area contributed by atoms with Crippen molar-refractivity contribution in [3.05, 3.63) is 99.9 Å². The topological polar surface area (TPSA) is 76.7 Å². The lowest BCUT2D eigenvalue weighted by molar-refractivity contribution is 0.102. The molecule has 0 radical (unpaired) electrons. The van der Waals surface area contributed by atoms with Gasteiger partial charge in [-0.2, -0.15) is 0 Å². The standard InChI is InChI=1S/C32H31N3O3S/c1-6-27-28(22-14-12-21(13-15-22)19(2)3)34-32(39-27)35-30(36)25-18-23-8-7-9-26(37-5)29(23)38-31(25)33-24-16-10-20(4)11-17-24/h7-19H,6H2,1-5H3,(H,34,35,36). The van der Waals surface area contributed by atoms with E-state index in [1.54, 1.807) is 13.2 Å². The molecule has 1 N–H and O–H groups in total. The first-order valence-electron chi connectivity index (χ1n) is 13.0. The summed E-state index contributed by atoms with van der Waals surface area (Å²) in [6.07, 6.45) is 0.813. The smallest absolute Gasteiger partial charge is 0.262 e. The molecule has 198 valence electrons. The van der Waals surface area contributed by atoms with Crippen molar-refractivity contribution in [2.75, 3.05) is 12.4 Å². The number of carbonyl (C=O) groups is 1. The number of aromatic nitrogens is 1. The predicted octanol–water partition coefficient (Wildman–Crippen LogP) is 8.04. The fourth-order valence-electron chi connectivity index (χ4n) is 4.33. The molecule has 0 saturated carbocycles. The summed E-state index contributed by atoms with van der Waals surface area (Å²) in [6, 6.07) is 23.5. The van der Waals surface area contributed by atoms with Crippen molar-refractivity contribution >= 4 is 39.0 Å². The van der Waals surface area contributed by atoms with E-state index in [0.29, 0.717) is 33.6 Å². The van der Waals surface area contributed by atoms with Crippen LogP contribution in [0.2, 0.25) is 0 Å². The maximum atomic E-state index is 13.6. The van der Waals surface area contributed by atoms with Gasteiger partial charge in [0.1, 0.15) is 5.56 Å². The van der Waals surface area contributed by atoms with E-state index < -0.39 is 0 Å². The first-order chi connectivity index (χ1) is 18.9. The number of methoxy groups -OCH3 is 1. The molecular formula is C32H31N3O3S. The van der Waals surface area contributed by atoms with E-state index in [1.807, 2.05) is 49.4 Å². The van der Waals surface area contributed by atoms with E-state index in [-0.39, 0.29) is 11.5 Å². The highest BCUT2D eigenvalue weighted by Crippen LogP contribution is 2.33. The van der Waals surface area contributed by atoms with Crippen LogP contribution in [0.4, 0.5) is 10.8 Å². The van der Waals surface area contributed by atoms with Crippen LogP contribution in [0.1, 0.15) is 53.1 Å². The minimum absolute atomic E-state index is 0.199. The number of hydrogen-bond donors (Lipinski definition) is 1. The summed E-state index contributed by atoms with van der Waals surface area (Å²) in [7, 11) is 1.59. The Bertz CT molecular complexity index is 1700. The second kappa shape index (κ2) is 11.3. The van der Waals surface area contributed by atoms with E-state index >= 15 is 0 Å². The lowest BCUT2D eigenvalue weighted by Gasteiger charge is -2.08. The van der Waals surface area contributed by atoms with E-state index in [0.717, 1.165) is 33.5 Å². The molecule has 0 aliphatic carbocycles. The second-order valence-electron chi connectivity index (χ2n) is 9.67. The SMILES string of the molecule is CCc1sc(NC(=O)c2cc3cccc(OC)c3oc2=Nc2ccc(C)cc2)nc1-c1ccc(C(C)C)cc1. The number of benzene rings is 3. The van der Waals surface area contributed by atoms with Crippen molar-refractivity contribution in [3.8, 4) is 17.0 Å². The number of ether oxygens (including phenoxy) is 1. The van der Waals surface area contributed by atoms with Crippen LogP contribution in [0.25, 0.3) is 22.2 Å². The van der Waals surface area contributed by atoms with Gasteiger partial charge >= 0.3 is 0 Å². The van der Waals surface area contributed by atoms with Crippen LogP contribution in [0.5, 0.6) is 5.75 Å². The third-order valence-corrected chi connectivity index (χ3v) is 7.67. The van der Waals surface area contributed by atoms with Gasteiger partial charge in [0, 0.05) is 15.8 Å². The summed E-state index contributed by atoms with van der Waals surface area (Å²) < 4.78 is 11.7. The maximum Gasteiger partial charge on any atom is 0.262 e. The molecule has 6 nitrogen and oxygen atoms in total. The number of para-hydroxylation sites is 1. The van der Waals surface area contributed by atoms with Gasteiger partial charge in [0.2, 0.25) is 5.55 Å². The molecule has 5 aromatic rings. The third-order valence-electron chi connectivity index (χ3n) is 6.56. The Kier molecular flexibility index (Phi) is 7.61. The number of aryl methyl sites for hydroxylation is 2. The van der Waals surface area contributed by atoms with Gasteiger partial charge in [-0.25, -0.2) is 9.98 Å². The van der Waals surface area contributed by atoms with Gasteiger partial charge in [0.05, 0.1) is 18.5 Å². The highest BCUT2D eigenvalue weighted by atomic mass is 32.1. The molecule has 5 rings (SSSR count). The van der Waals surface area contributed by atoms with Crippen molar-refractivity contribution in [1.29, 1.82) is 0 Å². The number of amides is 1. The lowest BCUT2D eigenvalue weighted by atomic mass is 10.0. The predicted molar refractivity (Wildman–Crippen MR) is 158 cm³/mol. The summed E-state index contributed by atoms with van der Waals surface area (Å²) in [5.74, 6) is 0.690. The lowest BCUT2D eigenvalue weighted by Crippen LogP contribution is -2.21. The molecule has 0 saturated heterocycles. The number of nitrogens with one attached hydrogen (secondary N) is 1. The van der Waals surface area contributed by atoms with Crippen molar-refractivity contribution < 1.29 is 13.9 Å². The van der Waals surface area contributed by atoms with Crippen LogP contribution < -0.4 is 15.6 Å². The highest BCUT2D eigenvalue weighted by molar-refractivity contribution is 7.16. The number of hydrogen-bond acceptors (Lipinski definition) is 6. The molecule has 0 aliphatic heterocycles. The minimum atomic E-state index is -0.340. The molecule has 7 heteroatoms. The van der Waals surface area contributed by atoms with Gasteiger partial charge < -0.3 is 9.15 Å². The molecular weight excluding hydrogens is 506 g/mol. The molecule has 0 unspecified atom stereocenters. The number of fused-ring (bicyclic) bond motifs is 1. The minimum Gasteiger partial charge on any atom is -0.493 e. The van der Waals surface area contributed by atoms with Gasteiger partial charge in [-0.05, 0) is 49.1 Å². The number of anilines is 1. The fourth-order valence-corrected chi connectivity index (χ4v) is 5.25. The molecule has 0 spiro atoms. The number of carbonyl (C=O) groups excluding carboxylic acids is 1. The number of thiazole rings is 1. The van der Waals surface area contributed by atoms with Crippen LogP contribution in [-0.4, -0.2) is 18.0 Å². The van der Waals surface area contributed by atoms with Crippen LogP contribution in [0.3, 0.4) is 0 Å². The molecule has 0 bridgehead atoms. The Morgan fingerprint density at radius 3 is 2.49 bits per heavy atom. The van der Waals surface area contributed by atoms with Gasteiger partial charge in [-0.1, -0.05) is 74.9 Å². The molecule has 0 atom stereocenters. The van der Waals surface area contributed by atoms with Crippen LogP contribution >= 0.6 is 11.3 Å². The van der Waals surface area contributed by atoms with Crippen LogP contribution in [0, 0.1) is 6.92 Å². The van der Waals surface area contributed by atoms with Crippen molar-refractivity contribution in [2.45, 2.75) is 40.0 Å². The molecule has 39 heavy (non-hydrogen) atoms. The van der Waals surface area contributed by atoms with E-state index in [1.165, 1.54) is 16.9 Å². The molecule has 1 amide bonds. The Morgan fingerprint density at radius 2 is 1.82 bits per heavy atom. The number of nitrogens with zero attached hydrogens (tertiary/aromatic N) is 2. The van der Waals surface area contributed by atoms with E-state index in [9.17, 15) is 4.79 Å². The normalized spacial score (nSPS) is 11.8. The zero-order valence-electron chi connectivity index (χ0n) is 22.7. The van der Waals surface area contributed by atoms with Crippen LogP contribution in [-0.2, 0) is 6.42 Å². The molecule has 3 aromatic carbocycles. The van der Waals surface area contributed by atoms with E-state index in [2.05, 4.69) is 55.3 Å². The Labute approximate surface area is 232 Å². The monoisotopic (exact) mass is 537 g/mol. The van der Waals surface area contributed by atoms with Crippen LogP contribution in [0.15, 0.2) is 82.2 Å². The van der Waals surface area contributed by atoms with Gasteiger partial charge in [0.15, 0.2) is 16.5 Å². The highest BCUT2D eigenvalue weighted by Gasteiger charge is 2.19. The fraction of sp³-hybridized carbons (Fsp3) is 0.219. The zero-order chi connectivity index (χ0) is 27.5. The largest absolute Gasteiger partial charge is 0.493 e. The Balaban J connectivity index is 1.55. The Hall–Kier alpha value is -4.23. The van der Waals surface area contributed by atoms with Crippen molar-refractivity contribution in [1.82, 2.24) is 4.98 Å². The molecule has 0 aliphatic rings. The van der Waals surface area contributed by atoms with Crippen molar-refractivity contribution in [3.63, 3.8) is 0 Å². The maximum absolute atomic E-state index is 13.6. The Morgan fingerprint density at radius 1 is 1.08 bits per heavy atom. The quantitative estimate of drug-likeness (QED) is 0.228. The summed E-state index contributed by atoms with van der Waals surface area (Å²) in [5, 5.41) is 4.27. The average Bonchev–Trinajstić information content (AvgIpc) is 3.36. The zero-order valence-corrected chi connectivity index (χ0v) is 23.6. The van der Waals surface area contributed by atoms with Gasteiger partial charge in [-0.3, -0.25) is 10.1 Å². The summed E-state index contributed by atoms with van der Waals surface area (Å²) in [6.45, 7) is 8.47. The third kappa shape index (κ3) is 5.64. The van der Waals surface area contributed by atoms with Gasteiger partial charge in [0.25, 0.3) is 5.91 Å². The van der Waals surface area contributed by atoms with Gasteiger partial charge in [-0.15, -0.1) is 11.3 Å². The average molecular weight is 538 g/mol.